The van der Waals surface area contributed by atoms with Crippen LogP contribution in [0.25, 0.3) is 0 Å². The van der Waals surface area contributed by atoms with Crippen LogP contribution in [0, 0.1) is 17.8 Å². The van der Waals surface area contributed by atoms with Crippen molar-refractivity contribution in [3.63, 3.8) is 0 Å². The third-order valence-corrected chi connectivity index (χ3v) is 10.4. The Balaban J connectivity index is 4.34. The Bertz CT molecular complexity index is 822. The topological polar surface area (TPSA) is 78.9 Å². The van der Waals surface area contributed by atoms with Crippen molar-refractivity contribution in [1.29, 1.82) is 0 Å². The largest absolute Gasteiger partial charge is 0.462 e. The highest BCUT2D eigenvalue weighted by molar-refractivity contribution is 5.71. The summed E-state index contributed by atoms with van der Waals surface area (Å²) in [4.78, 5) is 37.7. The lowest BCUT2D eigenvalue weighted by Gasteiger charge is -2.18. The molecular formula is C47H90O6. The van der Waals surface area contributed by atoms with E-state index >= 15 is 0 Å². The van der Waals surface area contributed by atoms with Gasteiger partial charge in [0.2, 0.25) is 0 Å². The van der Waals surface area contributed by atoms with Gasteiger partial charge in [0.1, 0.15) is 13.2 Å². The van der Waals surface area contributed by atoms with E-state index in [0.717, 1.165) is 75.5 Å². The zero-order valence-corrected chi connectivity index (χ0v) is 36.3. The van der Waals surface area contributed by atoms with Crippen molar-refractivity contribution in [2.75, 3.05) is 13.2 Å². The minimum Gasteiger partial charge on any atom is -0.462 e. The fourth-order valence-electron chi connectivity index (χ4n) is 6.88. The van der Waals surface area contributed by atoms with Crippen molar-refractivity contribution in [3.05, 3.63) is 0 Å². The first-order valence-corrected chi connectivity index (χ1v) is 23.1. The first kappa shape index (κ1) is 51.4. The summed E-state index contributed by atoms with van der Waals surface area (Å²) in [5.41, 5.74) is 0. The van der Waals surface area contributed by atoms with E-state index in [-0.39, 0.29) is 31.1 Å². The predicted molar refractivity (Wildman–Crippen MR) is 224 cm³/mol. The van der Waals surface area contributed by atoms with Crippen LogP contribution in [0.3, 0.4) is 0 Å². The fourth-order valence-corrected chi connectivity index (χ4v) is 6.88. The minimum atomic E-state index is -0.762. The molecule has 0 N–H and O–H groups in total. The highest BCUT2D eigenvalue weighted by atomic mass is 16.6. The number of esters is 3. The molecule has 0 saturated heterocycles. The molecule has 0 aromatic heterocycles. The quantitative estimate of drug-likeness (QED) is 0.0352. The first-order chi connectivity index (χ1) is 25.6. The van der Waals surface area contributed by atoms with Gasteiger partial charge in [-0.3, -0.25) is 14.4 Å². The van der Waals surface area contributed by atoms with E-state index in [4.69, 9.17) is 14.2 Å². The lowest BCUT2D eigenvalue weighted by atomic mass is 10.0. The molecule has 0 amide bonds. The molecule has 0 aliphatic rings. The van der Waals surface area contributed by atoms with E-state index in [0.29, 0.717) is 19.3 Å². The highest BCUT2D eigenvalue weighted by Gasteiger charge is 2.19. The van der Waals surface area contributed by atoms with Gasteiger partial charge in [-0.15, -0.1) is 0 Å². The molecule has 0 radical (unpaired) electrons. The molecule has 1 atom stereocenters. The molecule has 0 aromatic carbocycles. The molecule has 0 aliphatic heterocycles. The fraction of sp³-hybridized carbons (Fsp3) is 0.936. The van der Waals surface area contributed by atoms with Crippen LogP contribution in [-0.4, -0.2) is 37.2 Å². The SMILES string of the molecule is CC(C)CCCCCCCCCCCCC(=O)OC[C@@H](COC(=O)CCCCCCCCCC(C)C)OC(=O)CCCCCCCCCCCC(C)C. The first-order valence-electron chi connectivity index (χ1n) is 23.1. The van der Waals surface area contributed by atoms with E-state index in [9.17, 15) is 14.4 Å². The van der Waals surface area contributed by atoms with E-state index in [2.05, 4.69) is 41.5 Å². The number of ether oxygens (including phenoxy) is 3. The molecular weight excluding hydrogens is 661 g/mol. The number of hydrogen-bond donors (Lipinski definition) is 0. The molecule has 6 nitrogen and oxygen atoms in total. The van der Waals surface area contributed by atoms with E-state index < -0.39 is 6.10 Å². The second kappa shape index (κ2) is 38.7. The summed E-state index contributed by atoms with van der Waals surface area (Å²) in [6.45, 7) is 13.6. The molecule has 0 aliphatic carbocycles. The van der Waals surface area contributed by atoms with Crippen LogP contribution < -0.4 is 0 Å². The van der Waals surface area contributed by atoms with Crippen molar-refractivity contribution in [2.45, 2.75) is 253 Å². The molecule has 0 unspecified atom stereocenters. The van der Waals surface area contributed by atoms with Crippen LogP contribution in [0.2, 0.25) is 0 Å². The Morgan fingerprint density at radius 1 is 0.321 bits per heavy atom. The lowest BCUT2D eigenvalue weighted by molar-refractivity contribution is -0.167. The molecule has 0 bridgehead atoms. The Labute approximate surface area is 329 Å². The van der Waals surface area contributed by atoms with Gasteiger partial charge in [0, 0.05) is 19.3 Å². The lowest BCUT2D eigenvalue weighted by Crippen LogP contribution is -2.30. The molecule has 0 heterocycles. The van der Waals surface area contributed by atoms with Crippen molar-refractivity contribution in [1.82, 2.24) is 0 Å². The zero-order valence-electron chi connectivity index (χ0n) is 36.3. The Morgan fingerprint density at radius 3 is 0.811 bits per heavy atom. The van der Waals surface area contributed by atoms with Gasteiger partial charge in [-0.25, -0.2) is 0 Å². The summed E-state index contributed by atoms with van der Waals surface area (Å²) in [5.74, 6) is 1.54. The summed E-state index contributed by atoms with van der Waals surface area (Å²) in [5, 5.41) is 0. The number of rotatable bonds is 40. The maximum absolute atomic E-state index is 12.7. The molecule has 0 saturated carbocycles. The van der Waals surface area contributed by atoms with Crippen LogP contribution in [-0.2, 0) is 28.6 Å². The Morgan fingerprint density at radius 2 is 0.547 bits per heavy atom. The second-order valence-corrected chi connectivity index (χ2v) is 17.5. The molecule has 0 fully saturated rings. The van der Waals surface area contributed by atoms with Gasteiger partial charge in [-0.1, -0.05) is 208 Å². The van der Waals surface area contributed by atoms with Crippen molar-refractivity contribution >= 4 is 17.9 Å². The summed E-state index contributed by atoms with van der Waals surface area (Å²) in [7, 11) is 0. The van der Waals surface area contributed by atoms with Crippen LogP contribution in [0.5, 0.6) is 0 Å². The van der Waals surface area contributed by atoms with E-state index in [1.54, 1.807) is 0 Å². The van der Waals surface area contributed by atoms with Gasteiger partial charge in [-0.05, 0) is 37.0 Å². The van der Waals surface area contributed by atoms with Crippen molar-refractivity contribution in [2.24, 2.45) is 17.8 Å². The molecule has 314 valence electrons. The molecule has 6 heteroatoms. The summed E-state index contributed by atoms with van der Waals surface area (Å²) < 4.78 is 16.7. The summed E-state index contributed by atoms with van der Waals surface area (Å²) in [6, 6.07) is 0. The van der Waals surface area contributed by atoms with Crippen molar-refractivity contribution in [3.8, 4) is 0 Å². The standard InChI is InChI=1S/C47H90O6/c1-41(2)33-27-21-15-10-7-8-12-18-24-30-36-45(48)51-39-44(40-52-46(49)37-31-25-20-14-17-23-29-35-43(5)6)53-47(50)38-32-26-19-13-9-11-16-22-28-34-42(3)4/h41-44H,7-40H2,1-6H3/t44-/m0/s1. The number of hydrogen-bond acceptors (Lipinski definition) is 6. The predicted octanol–water partition coefficient (Wildman–Crippen LogP) is 14.4. The smallest absolute Gasteiger partial charge is 0.306 e. The van der Waals surface area contributed by atoms with Crippen LogP contribution >= 0.6 is 0 Å². The maximum Gasteiger partial charge on any atom is 0.306 e. The summed E-state index contributed by atoms with van der Waals surface area (Å²) in [6.07, 6.45) is 35.3. The van der Waals surface area contributed by atoms with Gasteiger partial charge in [-0.2, -0.15) is 0 Å². The zero-order chi connectivity index (χ0) is 39.2. The molecule has 53 heavy (non-hydrogen) atoms. The van der Waals surface area contributed by atoms with Crippen LogP contribution in [0.4, 0.5) is 0 Å². The molecule has 0 spiro atoms. The number of unbranched alkanes of at least 4 members (excludes halogenated alkanes) is 23. The van der Waals surface area contributed by atoms with Gasteiger partial charge < -0.3 is 14.2 Å². The van der Waals surface area contributed by atoms with Gasteiger partial charge in [0.25, 0.3) is 0 Å². The monoisotopic (exact) mass is 751 g/mol. The van der Waals surface area contributed by atoms with Crippen molar-refractivity contribution < 1.29 is 28.6 Å². The van der Waals surface area contributed by atoms with Gasteiger partial charge in [0.05, 0.1) is 0 Å². The number of carbonyl (C=O) groups excluding carboxylic acids is 3. The molecule has 0 aromatic rings. The third-order valence-electron chi connectivity index (χ3n) is 10.4. The van der Waals surface area contributed by atoms with Gasteiger partial charge >= 0.3 is 17.9 Å². The van der Waals surface area contributed by atoms with Crippen LogP contribution in [0.1, 0.15) is 247 Å². The Kier molecular flexibility index (Phi) is 37.5. The number of carbonyl (C=O) groups is 3. The second-order valence-electron chi connectivity index (χ2n) is 17.5. The highest BCUT2D eigenvalue weighted by Crippen LogP contribution is 2.17. The average Bonchev–Trinajstić information content (AvgIpc) is 3.11. The van der Waals surface area contributed by atoms with Gasteiger partial charge in [0.15, 0.2) is 6.10 Å². The minimum absolute atomic E-state index is 0.0665. The molecule has 0 rings (SSSR count). The average molecular weight is 751 g/mol. The maximum atomic E-state index is 12.7. The Hall–Kier alpha value is -1.59. The van der Waals surface area contributed by atoms with E-state index in [1.165, 1.54) is 128 Å². The third kappa shape index (κ3) is 41.4. The van der Waals surface area contributed by atoms with E-state index in [1.807, 2.05) is 0 Å². The normalized spacial score (nSPS) is 12.2. The summed E-state index contributed by atoms with van der Waals surface area (Å²) >= 11 is 0. The van der Waals surface area contributed by atoms with Crippen LogP contribution in [0.15, 0.2) is 0 Å².